The highest BCUT2D eigenvalue weighted by Gasteiger charge is 2.22. The van der Waals surface area contributed by atoms with Crippen molar-refractivity contribution in [2.45, 2.75) is 44.6 Å². The number of sulfonamides is 1. The van der Waals surface area contributed by atoms with Gasteiger partial charge in [-0.1, -0.05) is 6.07 Å². The molecule has 0 saturated carbocycles. The van der Waals surface area contributed by atoms with E-state index in [0.29, 0.717) is 11.3 Å². The molecule has 2 aromatic rings. The van der Waals surface area contributed by atoms with Crippen LogP contribution in [0.25, 0.3) is 0 Å². The first-order valence-electron chi connectivity index (χ1n) is 9.42. The summed E-state index contributed by atoms with van der Waals surface area (Å²) in [5.41, 5.74) is 2.72. The first kappa shape index (κ1) is 20.2. The molecule has 150 valence electrons. The summed E-state index contributed by atoms with van der Waals surface area (Å²) in [6.45, 7) is 9.55. The van der Waals surface area contributed by atoms with Crippen LogP contribution >= 0.6 is 0 Å². The summed E-state index contributed by atoms with van der Waals surface area (Å²) in [5, 5.41) is 2.88. The number of carbonyl (C=O) groups is 1. The van der Waals surface area contributed by atoms with Crippen LogP contribution in [0.1, 0.15) is 43.6 Å². The lowest BCUT2D eigenvalue weighted by molar-refractivity contribution is 0.0919. The predicted molar refractivity (Wildman–Crippen MR) is 113 cm³/mol. The van der Waals surface area contributed by atoms with E-state index in [-0.39, 0.29) is 16.3 Å². The van der Waals surface area contributed by atoms with Crippen molar-refractivity contribution in [2.75, 3.05) is 22.7 Å². The van der Waals surface area contributed by atoms with Crippen LogP contribution in [0.3, 0.4) is 0 Å². The third-order valence-corrected chi connectivity index (χ3v) is 6.01. The number of nitrogens with zero attached hydrogens (tertiary/aromatic N) is 1. The van der Waals surface area contributed by atoms with Gasteiger partial charge in [0.1, 0.15) is 0 Å². The maximum atomic E-state index is 12.8. The minimum absolute atomic E-state index is 0.194. The maximum absolute atomic E-state index is 12.8. The van der Waals surface area contributed by atoms with Crippen LogP contribution in [0, 0.1) is 0 Å². The SMILES string of the molecule is CCN1CCc2ccc(S(=O)(=O)Nc3ccc(C(=O)NC(C)(C)C)cc3)cc21. The van der Waals surface area contributed by atoms with Crippen LogP contribution in [-0.4, -0.2) is 33.0 Å². The largest absolute Gasteiger partial charge is 0.371 e. The minimum atomic E-state index is -3.71. The summed E-state index contributed by atoms with van der Waals surface area (Å²) in [6, 6.07) is 11.7. The van der Waals surface area contributed by atoms with E-state index in [1.807, 2.05) is 26.8 Å². The van der Waals surface area contributed by atoms with Crippen molar-refractivity contribution in [1.82, 2.24) is 5.32 Å². The minimum Gasteiger partial charge on any atom is -0.371 e. The van der Waals surface area contributed by atoms with E-state index in [1.54, 1.807) is 36.4 Å². The molecule has 2 aromatic carbocycles. The van der Waals surface area contributed by atoms with Crippen molar-refractivity contribution in [1.29, 1.82) is 0 Å². The van der Waals surface area contributed by atoms with Gasteiger partial charge in [-0.2, -0.15) is 0 Å². The molecule has 1 amide bonds. The topological polar surface area (TPSA) is 78.5 Å². The van der Waals surface area contributed by atoms with E-state index in [1.165, 1.54) is 5.56 Å². The lowest BCUT2D eigenvalue weighted by Gasteiger charge is -2.20. The smallest absolute Gasteiger partial charge is 0.261 e. The third-order valence-electron chi connectivity index (χ3n) is 4.63. The Labute approximate surface area is 167 Å². The van der Waals surface area contributed by atoms with Crippen molar-refractivity contribution in [2.24, 2.45) is 0 Å². The molecule has 28 heavy (non-hydrogen) atoms. The highest BCUT2D eigenvalue weighted by Crippen LogP contribution is 2.30. The van der Waals surface area contributed by atoms with Gasteiger partial charge in [-0.05, 0) is 76.1 Å². The van der Waals surface area contributed by atoms with Gasteiger partial charge < -0.3 is 10.2 Å². The summed E-state index contributed by atoms with van der Waals surface area (Å²) in [6.07, 6.45) is 0.940. The molecule has 0 spiro atoms. The predicted octanol–water partition coefficient (Wildman–Crippen LogP) is 3.40. The van der Waals surface area contributed by atoms with Crippen molar-refractivity contribution in [3.63, 3.8) is 0 Å². The van der Waals surface area contributed by atoms with Crippen LogP contribution in [0.5, 0.6) is 0 Å². The zero-order chi connectivity index (χ0) is 20.5. The lowest BCUT2D eigenvalue weighted by Crippen LogP contribution is -2.40. The van der Waals surface area contributed by atoms with Gasteiger partial charge >= 0.3 is 0 Å². The molecule has 0 bridgehead atoms. The summed E-state index contributed by atoms with van der Waals surface area (Å²) in [7, 11) is -3.71. The second-order valence-corrected chi connectivity index (χ2v) is 9.69. The molecule has 0 saturated heterocycles. The molecule has 0 atom stereocenters. The summed E-state index contributed by atoms with van der Waals surface area (Å²) in [4.78, 5) is 14.6. The molecule has 0 radical (unpaired) electrons. The first-order chi connectivity index (χ1) is 13.1. The normalized spacial score (nSPS) is 13.9. The van der Waals surface area contributed by atoms with E-state index < -0.39 is 10.0 Å². The van der Waals surface area contributed by atoms with Crippen molar-refractivity contribution in [3.8, 4) is 0 Å². The van der Waals surface area contributed by atoms with Gasteiger partial charge in [-0.3, -0.25) is 9.52 Å². The number of carbonyl (C=O) groups excluding carboxylic acids is 1. The monoisotopic (exact) mass is 401 g/mol. The molecule has 0 aliphatic carbocycles. The molecule has 7 heteroatoms. The van der Waals surface area contributed by atoms with Crippen LogP contribution < -0.4 is 14.9 Å². The summed E-state index contributed by atoms with van der Waals surface area (Å²) >= 11 is 0. The molecule has 1 aliphatic heterocycles. The van der Waals surface area contributed by atoms with Gasteiger partial charge in [-0.25, -0.2) is 8.42 Å². The molecular weight excluding hydrogens is 374 g/mol. The van der Waals surface area contributed by atoms with E-state index in [4.69, 9.17) is 0 Å². The molecule has 0 fully saturated rings. The fourth-order valence-corrected chi connectivity index (χ4v) is 4.32. The number of fused-ring (bicyclic) bond motifs is 1. The Morgan fingerprint density at radius 1 is 1.11 bits per heavy atom. The van der Waals surface area contributed by atoms with Gasteiger partial charge in [-0.15, -0.1) is 0 Å². The zero-order valence-corrected chi connectivity index (χ0v) is 17.6. The second kappa shape index (κ2) is 7.47. The van der Waals surface area contributed by atoms with Crippen LogP contribution in [0.2, 0.25) is 0 Å². The number of hydrogen-bond donors (Lipinski definition) is 2. The number of nitrogens with one attached hydrogen (secondary N) is 2. The zero-order valence-electron chi connectivity index (χ0n) is 16.7. The van der Waals surface area contributed by atoms with Crippen LogP contribution in [0.15, 0.2) is 47.4 Å². The molecule has 0 unspecified atom stereocenters. The second-order valence-electron chi connectivity index (χ2n) is 8.01. The van der Waals surface area contributed by atoms with Gasteiger partial charge in [0, 0.05) is 35.6 Å². The third kappa shape index (κ3) is 4.47. The molecule has 0 aromatic heterocycles. The quantitative estimate of drug-likeness (QED) is 0.805. The molecule has 1 aliphatic rings. The highest BCUT2D eigenvalue weighted by molar-refractivity contribution is 7.92. The standard InChI is InChI=1S/C21H27N3O3S/c1-5-24-13-12-15-8-11-18(14-19(15)24)28(26,27)23-17-9-6-16(7-10-17)20(25)22-21(2,3)4/h6-11,14,23H,5,12-13H2,1-4H3,(H,22,25). The maximum Gasteiger partial charge on any atom is 0.261 e. The van der Waals surface area contributed by atoms with E-state index >= 15 is 0 Å². The van der Waals surface area contributed by atoms with E-state index in [0.717, 1.165) is 25.2 Å². The number of amides is 1. The van der Waals surface area contributed by atoms with Gasteiger partial charge in [0.05, 0.1) is 4.90 Å². The Kier molecular flexibility index (Phi) is 5.39. The van der Waals surface area contributed by atoms with Gasteiger partial charge in [0.2, 0.25) is 0 Å². The number of rotatable bonds is 5. The Bertz CT molecular complexity index is 977. The van der Waals surface area contributed by atoms with E-state index in [2.05, 4.69) is 21.9 Å². The molecule has 6 nitrogen and oxygen atoms in total. The number of anilines is 2. The Hall–Kier alpha value is -2.54. The number of hydrogen-bond acceptors (Lipinski definition) is 4. The van der Waals surface area contributed by atoms with Crippen molar-refractivity contribution >= 4 is 27.3 Å². The Morgan fingerprint density at radius 3 is 2.39 bits per heavy atom. The molecular formula is C21H27N3O3S. The van der Waals surface area contributed by atoms with Crippen LogP contribution in [0.4, 0.5) is 11.4 Å². The van der Waals surface area contributed by atoms with E-state index in [9.17, 15) is 13.2 Å². The molecule has 1 heterocycles. The Morgan fingerprint density at radius 2 is 1.79 bits per heavy atom. The number of benzene rings is 2. The van der Waals surface area contributed by atoms with Crippen LogP contribution in [-0.2, 0) is 16.4 Å². The first-order valence-corrected chi connectivity index (χ1v) is 10.9. The highest BCUT2D eigenvalue weighted by atomic mass is 32.2. The average Bonchev–Trinajstić information content (AvgIpc) is 3.03. The molecule has 3 rings (SSSR count). The summed E-state index contributed by atoms with van der Waals surface area (Å²) in [5.74, 6) is -0.194. The summed E-state index contributed by atoms with van der Waals surface area (Å²) < 4.78 is 28.2. The Balaban J connectivity index is 1.77. The average molecular weight is 402 g/mol. The number of likely N-dealkylation sites (N-methyl/N-ethyl adjacent to an activating group) is 1. The lowest BCUT2D eigenvalue weighted by atomic mass is 10.1. The molecule has 2 N–H and O–H groups in total. The van der Waals surface area contributed by atoms with Crippen molar-refractivity contribution in [3.05, 3.63) is 53.6 Å². The fraction of sp³-hybridized carbons (Fsp3) is 0.381. The van der Waals surface area contributed by atoms with Gasteiger partial charge in [0.25, 0.3) is 15.9 Å². The van der Waals surface area contributed by atoms with Gasteiger partial charge in [0.15, 0.2) is 0 Å². The fourth-order valence-electron chi connectivity index (χ4n) is 3.24. The van der Waals surface area contributed by atoms with Crippen molar-refractivity contribution < 1.29 is 13.2 Å².